The van der Waals surface area contributed by atoms with Crippen molar-refractivity contribution in [3.05, 3.63) is 36.9 Å². The number of rotatable bonds is 7. The summed E-state index contributed by atoms with van der Waals surface area (Å²) >= 11 is 0. The van der Waals surface area contributed by atoms with Crippen molar-refractivity contribution < 1.29 is 17.9 Å². The van der Waals surface area contributed by atoms with Crippen LogP contribution in [0.2, 0.25) is 0 Å². The quantitative estimate of drug-likeness (QED) is 0.780. The number of nitrogens with zero attached hydrogens (tertiary/aromatic N) is 3. The second-order valence-corrected chi connectivity index (χ2v) is 8.29. The Morgan fingerprint density at radius 3 is 2.70 bits per heavy atom. The zero-order chi connectivity index (χ0) is 19.4. The van der Waals surface area contributed by atoms with E-state index in [-0.39, 0.29) is 10.8 Å². The number of anilines is 1. The summed E-state index contributed by atoms with van der Waals surface area (Å²) in [5.74, 6) is 0.0340. The molecule has 1 amide bonds. The molecule has 146 valence electrons. The summed E-state index contributed by atoms with van der Waals surface area (Å²) in [6, 6.07) is 4.23. The number of carbonyl (C=O) groups excluding carboxylic acids is 1. The molecule has 1 fully saturated rings. The SMILES string of the molecule is CCOc1ccc(NC(=O)[C@@H](C)n2ccnc2)cc1S(=O)(=O)N1CCCC1. The lowest BCUT2D eigenvalue weighted by molar-refractivity contribution is -0.118. The minimum atomic E-state index is -3.67. The standard InChI is InChI=1S/C18H24N4O4S/c1-3-26-16-7-6-15(20-18(23)14(2)21-11-8-19-13-21)12-17(16)27(24,25)22-9-4-5-10-22/h6-8,11-14H,3-5,9-10H2,1-2H3,(H,20,23)/t14-/m1/s1. The summed E-state index contributed by atoms with van der Waals surface area (Å²) in [7, 11) is -3.67. The molecule has 1 aromatic heterocycles. The van der Waals surface area contributed by atoms with Gasteiger partial charge in [-0.05, 0) is 44.9 Å². The van der Waals surface area contributed by atoms with Gasteiger partial charge in [-0.25, -0.2) is 13.4 Å². The van der Waals surface area contributed by atoms with Crippen molar-refractivity contribution in [2.45, 2.75) is 37.6 Å². The molecule has 1 atom stereocenters. The maximum absolute atomic E-state index is 13.0. The average molecular weight is 392 g/mol. The Balaban J connectivity index is 1.88. The lowest BCUT2D eigenvalue weighted by Crippen LogP contribution is -2.28. The molecule has 0 spiro atoms. The Labute approximate surface area is 159 Å². The summed E-state index contributed by atoms with van der Waals surface area (Å²) in [6.07, 6.45) is 6.56. The summed E-state index contributed by atoms with van der Waals surface area (Å²) < 4.78 is 34.7. The molecule has 1 N–H and O–H groups in total. The molecular weight excluding hydrogens is 368 g/mol. The predicted octanol–water partition coefficient (Wildman–Crippen LogP) is 2.27. The molecule has 0 radical (unpaired) electrons. The number of aromatic nitrogens is 2. The molecule has 9 heteroatoms. The first kappa shape index (κ1) is 19.4. The van der Waals surface area contributed by atoms with Crippen molar-refractivity contribution >= 4 is 21.6 Å². The van der Waals surface area contributed by atoms with Crippen LogP contribution in [-0.2, 0) is 14.8 Å². The minimum Gasteiger partial charge on any atom is -0.492 e. The molecule has 3 rings (SSSR count). The van der Waals surface area contributed by atoms with Gasteiger partial charge < -0.3 is 14.6 Å². The van der Waals surface area contributed by atoms with Gasteiger partial charge in [0.05, 0.1) is 12.9 Å². The maximum atomic E-state index is 13.0. The zero-order valence-corrected chi connectivity index (χ0v) is 16.3. The van der Waals surface area contributed by atoms with E-state index in [0.29, 0.717) is 31.1 Å². The molecule has 2 aromatic rings. The minimum absolute atomic E-state index is 0.0827. The molecule has 0 aliphatic carbocycles. The third-order valence-corrected chi connectivity index (χ3v) is 6.47. The third kappa shape index (κ3) is 4.14. The number of imidazole rings is 1. The van der Waals surface area contributed by atoms with Crippen LogP contribution in [0.5, 0.6) is 5.75 Å². The van der Waals surface area contributed by atoms with E-state index in [4.69, 9.17) is 4.74 Å². The molecular formula is C18H24N4O4S. The molecule has 0 bridgehead atoms. The van der Waals surface area contributed by atoms with Crippen LogP contribution < -0.4 is 10.1 Å². The molecule has 0 unspecified atom stereocenters. The van der Waals surface area contributed by atoms with Crippen LogP contribution in [0, 0.1) is 0 Å². The van der Waals surface area contributed by atoms with Gasteiger partial charge in [0.1, 0.15) is 16.7 Å². The highest BCUT2D eigenvalue weighted by Crippen LogP contribution is 2.31. The van der Waals surface area contributed by atoms with Crippen LogP contribution >= 0.6 is 0 Å². The van der Waals surface area contributed by atoms with Gasteiger partial charge in [0.2, 0.25) is 15.9 Å². The van der Waals surface area contributed by atoms with Crippen molar-refractivity contribution in [2.24, 2.45) is 0 Å². The van der Waals surface area contributed by atoms with Crippen LogP contribution in [-0.4, -0.2) is 47.9 Å². The summed E-state index contributed by atoms with van der Waals surface area (Å²) in [4.78, 5) is 16.5. The Kier molecular flexibility index (Phi) is 5.81. The highest BCUT2D eigenvalue weighted by Gasteiger charge is 2.30. The van der Waals surface area contributed by atoms with Crippen LogP contribution in [0.15, 0.2) is 41.8 Å². The van der Waals surface area contributed by atoms with E-state index in [2.05, 4.69) is 10.3 Å². The maximum Gasteiger partial charge on any atom is 0.247 e. The van der Waals surface area contributed by atoms with E-state index in [0.717, 1.165) is 12.8 Å². The smallest absolute Gasteiger partial charge is 0.247 e. The fraction of sp³-hybridized carbons (Fsp3) is 0.444. The highest BCUT2D eigenvalue weighted by atomic mass is 32.2. The van der Waals surface area contributed by atoms with Crippen LogP contribution in [0.25, 0.3) is 0 Å². The van der Waals surface area contributed by atoms with E-state index in [1.807, 2.05) is 0 Å². The topological polar surface area (TPSA) is 93.5 Å². The monoisotopic (exact) mass is 392 g/mol. The zero-order valence-electron chi connectivity index (χ0n) is 15.5. The number of benzene rings is 1. The average Bonchev–Trinajstić information content (AvgIpc) is 3.36. The van der Waals surface area contributed by atoms with Crippen molar-refractivity contribution in [2.75, 3.05) is 25.0 Å². The highest BCUT2D eigenvalue weighted by molar-refractivity contribution is 7.89. The Morgan fingerprint density at radius 2 is 2.07 bits per heavy atom. The van der Waals surface area contributed by atoms with E-state index in [9.17, 15) is 13.2 Å². The van der Waals surface area contributed by atoms with Gasteiger partial charge >= 0.3 is 0 Å². The van der Waals surface area contributed by atoms with Gasteiger partial charge in [0.15, 0.2) is 0 Å². The van der Waals surface area contributed by atoms with Crippen LogP contribution in [0.4, 0.5) is 5.69 Å². The molecule has 1 saturated heterocycles. The number of amides is 1. The first-order valence-electron chi connectivity index (χ1n) is 8.98. The number of carbonyl (C=O) groups is 1. The van der Waals surface area contributed by atoms with Crippen molar-refractivity contribution in [1.82, 2.24) is 13.9 Å². The van der Waals surface area contributed by atoms with E-state index in [1.54, 1.807) is 49.3 Å². The fourth-order valence-electron chi connectivity index (χ4n) is 3.01. The second-order valence-electron chi connectivity index (χ2n) is 6.38. The second kappa shape index (κ2) is 8.10. The van der Waals surface area contributed by atoms with Gasteiger partial charge in [-0.3, -0.25) is 4.79 Å². The lowest BCUT2D eigenvalue weighted by atomic mass is 10.2. The molecule has 27 heavy (non-hydrogen) atoms. The van der Waals surface area contributed by atoms with Gasteiger partial charge in [-0.15, -0.1) is 0 Å². The predicted molar refractivity (Wildman–Crippen MR) is 101 cm³/mol. The van der Waals surface area contributed by atoms with Crippen LogP contribution in [0.1, 0.15) is 32.7 Å². The van der Waals surface area contributed by atoms with Crippen molar-refractivity contribution in [3.8, 4) is 5.75 Å². The molecule has 0 saturated carbocycles. The van der Waals surface area contributed by atoms with E-state index in [1.165, 1.54) is 10.4 Å². The summed E-state index contributed by atoms with van der Waals surface area (Å²) in [6.45, 7) is 4.90. The van der Waals surface area contributed by atoms with Crippen molar-refractivity contribution in [3.63, 3.8) is 0 Å². The molecule has 1 aromatic carbocycles. The normalized spacial score (nSPS) is 16.2. The fourth-order valence-corrected chi connectivity index (χ4v) is 4.68. The van der Waals surface area contributed by atoms with Gasteiger partial charge in [-0.1, -0.05) is 0 Å². The number of hydrogen-bond donors (Lipinski definition) is 1. The van der Waals surface area contributed by atoms with Gasteiger partial charge in [0.25, 0.3) is 0 Å². The first-order valence-corrected chi connectivity index (χ1v) is 10.4. The number of hydrogen-bond acceptors (Lipinski definition) is 5. The molecule has 1 aliphatic rings. The van der Waals surface area contributed by atoms with Gasteiger partial charge in [0, 0.05) is 31.2 Å². The lowest BCUT2D eigenvalue weighted by Gasteiger charge is -2.19. The Morgan fingerprint density at radius 1 is 1.33 bits per heavy atom. The third-order valence-electron chi connectivity index (χ3n) is 4.55. The molecule has 2 heterocycles. The van der Waals surface area contributed by atoms with E-state index >= 15 is 0 Å². The van der Waals surface area contributed by atoms with Crippen LogP contribution in [0.3, 0.4) is 0 Å². The van der Waals surface area contributed by atoms with Crippen molar-refractivity contribution in [1.29, 1.82) is 0 Å². The Bertz CT molecular complexity index is 890. The molecule has 1 aliphatic heterocycles. The number of sulfonamides is 1. The van der Waals surface area contributed by atoms with E-state index < -0.39 is 16.1 Å². The summed E-state index contributed by atoms with van der Waals surface area (Å²) in [5, 5.41) is 2.78. The number of ether oxygens (including phenoxy) is 1. The Hall–Kier alpha value is -2.39. The number of nitrogens with one attached hydrogen (secondary N) is 1. The summed E-state index contributed by atoms with van der Waals surface area (Å²) in [5.41, 5.74) is 0.410. The molecule has 8 nitrogen and oxygen atoms in total. The largest absolute Gasteiger partial charge is 0.492 e. The van der Waals surface area contributed by atoms with Gasteiger partial charge in [-0.2, -0.15) is 4.31 Å². The first-order chi connectivity index (χ1) is 12.9.